The predicted molar refractivity (Wildman–Crippen MR) is 181 cm³/mol. The molecule has 0 heteroatoms. The zero-order chi connectivity index (χ0) is 29.3. The quantitative estimate of drug-likeness (QED) is 0.234. The van der Waals surface area contributed by atoms with Crippen molar-refractivity contribution in [2.24, 2.45) is 5.92 Å². The highest BCUT2D eigenvalue weighted by Gasteiger charge is 2.38. The summed E-state index contributed by atoms with van der Waals surface area (Å²) in [6.07, 6.45) is 12.6. The summed E-state index contributed by atoms with van der Waals surface area (Å²) in [4.78, 5) is 0. The van der Waals surface area contributed by atoms with E-state index in [1.807, 2.05) is 0 Å². The molecule has 2 aliphatic carbocycles. The Kier molecular flexibility index (Phi) is 7.56. The minimum absolute atomic E-state index is 0.213. The van der Waals surface area contributed by atoms with Crippen LogP contribution in [0.25, 0.3) is 22.3 Å². The molecule has 0 saturated heterocycles. The monoisotopic (exact) mass is 544 g/mol. The lowest BCUT2D eigenvalue weighted by molar-refractivity contribution is 0.546. The molecule has 2 atom stereocenters. The smallest absolute Gasteiger partial charge is 0.0155 e. The zero-order valence-corrected chi connectivity index (χ0v) is 25.3. The summed E-state index contributed by atoms with van der Waals surface area (Å²) in [5.41, 5.74) is 14.1. The lowest BCUT2D eigenvalue weighted by Crippen LogP contribution is -2.28. The van der Waals surface area contributed by atoms with Crippen LogP contribution in [0.5, 0.6) is 0 Å². The molecule has 0 heterocycles. The molecule has 0 fully saturated rings. The van der Waals surface area contributed by atoms with Crippen molar-refractivity contribution in [3.8, 4) is 11.1 Å². The average Bonchev–Trinajstić information content (AvgIpc) is 3.02. The molecule has 0 nitrogen and oxygen atoms in total. The van der Waals surface area contributed by atoms with Crippen molar-refractivity contribution in [2.75, 3.05) is 0 Å². The molecular formula is C42H40. The summed E-state index contributed by atoms with van der Waals surface area (Å²) >= 11 is 0. The van der Waals surface area contributed by atoms with E-state index in [2.05, 4.69) is 161 Å². The number of rotatable bonds is 5. The van der Waals surface area contributed by atoms with E-state index in [4.69, 9.17) is 6.58 Å². The Morgan fingerprint density at radius 2 is 1.31 bits per heavy atom. The highest BCUT2D eigenvalue weighted by Crippen LogP contribution is 2.52. The van der Waals surface area contributed by atoms with E-state index in [9.17, 15) is 0 Å². The topological polar surface area (TPSA) is 0 Å². The Labute approximate surface area is 252 Å². The van der Waals surface area contributed by atoms with Crippen LogP contribution < -0.4 is 0 Å². The van der Waals surface area contributed by atoms with Gasteiger partial charge >= 0.3 is 0 Å². The van der Waals surface area contributed by atoms with Crippen LogP contribution in [-0.4, -0.2) is 0 Å². The van der Waals surface area contributed by atoms with Crippen molar-refractivity contribution in [1.82, 2.24) is 0 Å². The maximum absolute atomic E-state index is 4.82. The van der Waals surface area contributed by atoms with Gasteiger partial charge in [-0.1, -0.05) is 154 Å². The standard InChI is InChI=1S/C42H40/c1-6-17-34-35(18-7-2)39-28-41(42(4,5)40-26-16-15-23-33(40)30-19-9-8-10-20-30)29(3)32-22-12-11-21-31(32)27-38(39)37-25-14-13-24-36(34)37/h6-26,28,38-39H,3,27H2,1-2,4-5H3/b17-6-,18-7-,41-28+. The van der Waals surface area contributed by atoms with Gasteiger partial charge in [0.1, 0.15) is 0 Å². The van der Waals surface area contributed by atoms with Gasteiger partial charge in [0.2, 0.25) is 0 Å². The molecule has 4 aromatic carbocycles. The molecule has 0 aromatic heterocycles. The summed E-state index contributed by atoms with van der Waals surface area (Å²) < 4.78 is 0. The second-order valence-electron chi connectivity index (χ2n) is 12.0. The molecule has 0 saturated carbocycles. The second kappa shape index (κ2) is 11.5. The van der Waals surface area contributed by atoms with Crippen LogP contribution in [0, 0.1) is 5.92 Å². The largest absolute Gasteiger partial charge is 0.0909 e. The lowest BCUT2D eigenvalue weighted by Gasteiger charge is -2.40. The van der Waals surface area contributed by atoms with E-state index in [1.54, 1.807) is 0 Å². The van der Waals surface area contributed by atoms with E-state index in [0.29, 0.717) is 5.92 Å². The van der Waals surface area contributed by atoms with Crippen LogP contribution in [0.3, 0.4) is 0 Å². The number of allylic oxidation sites excluding steroid dienone is 9. The van der Waals surface area contributed by atoms with Crippen LogP contribution in [0.2, 0.25) is 0 Å². The maximum Gasteiger partial charge on any atom is 0.0155 e. The summed E-state index contributed by atoms with van der Waals surface area (Å²) in [6, 6.07) is 37.7. The molecule has 2 aliphatic rings. The van der Waals surface area contributed by atoms with E-state index in [1.165, 1.54) is 55.7 Å². The van der Waals surface area contributed by atoms with Gasteiger partial charge in [0.15, 0.2) is 0 Å². The molecule has 0 bridgehead atoms. The number of hydrogen-bond donors (Lipinski definition) is 0. The van der Waals surface area contributed by atoms with Crippen LogP contribution in [0.1, 0.15) is 61.4 Å². The zero-order valence-electron chi connectivity index (χ0n) is 25.3. The molecule has 0 N–H and O–H groups in total. The van der Waals surface area contributed by atoms with E-state index in [0.717, 1.165) is 12.0 Å². The minimum Gasteiger partial charge on any atom is -0.0909 e. The Hall–Kier alpha value is -4.42. The fraction of sp³-hybridized carbons (Fsp3) is 0.190. The van der Waals surface area contributed by atoms with Crippen molar-refractivity contribution in [3.05, 3.63) is 179 Å². The molecule has 0 radical (unpaired) electrons. The Balaban J connectivity index is 1.65. The van der Waals surface area contributed by atoms with Crippen molar-refractivity contribution in [2.45, 2.75) is 45.4 Å². The SMILES string of the molecule is C=C1/C(C(C)(C)c2ccccc2-c2ccccc2)=C\C2C(/C=C\C)=C(/C=C\C)c3ccccc3C2Cc2ccccc21. The van der Waals surface area contributed by atoms with Crippen molar-refractivity contribution >= 4 is 11.1 Å². The molecule has 0 spiro atoms. The summed E-state index contributed by atoms with van der Waals surface area (Å²) in [5.74, 6) is 0.538. The molecule has 2 unspecified atom stereocenters. The Morgan fingerprint density at radius 3 is 2.05 bits per heavy atom. The minimum atomic E-state index is -0.294. The van der Waals surface area contributed by atoms with Crippen LogP contribution in [-0.2, 0) is 11.8 Å². The maximum atomic E-state index is 4.82. The third kappa shape index (κ3) is 4.76. The van der Waals surface area contributed by atoms with Gasteiger partial charge in [-0.05, 0) is 87.4 Å². The molecule has 42 heavy (non-hydrogen) atoms. The predicted octanol–water partition coefficient (Wildman–Crippen LogP) is 11.1. The first kappa shape index (κ1) is 27.7. The van der Waals surface area contributed by atoms with Crippen LogP contribution >= 0.6 is 0 Å². The van der Waals surface area contributed by atoms with Gasteiger partial charge in [-0.2, -0.15) is 0 Å². The second-order valence-corrected chi connectivity index (χ2v) is 12.0. The molecule has 208 valence electrons. The fourth-order valence-corrected chi connectivity index (χ4v) is 7.27. The lowest BCUT2D eigenvalue weighted by atomic mass is 9.63. The van der Waals surface area contributed by atoms with Crippen LogP contribution in [0.4, 0.5) is 0 Å². The Morgan fingerprint density at radius 1 is 0.690 bits per heavy atom. The van der Waals surface area contributed by atoms with Gasteiger partial charge in [0.05, 0.1) is 0 Å². The highest BCUT2D eigenvalue weighted by atomic mass is 14.4. The van der Waals surface area contributed by atoms with Gasteiger partial charge < -0.3 is 0 Å². The van der Waals surface area contributed by atoms with Gasteiger partial charge in [-0.3, -0.25) is 0 Å². The average molecular weight is 545 g/mol. The summed E-state index contributed by atoms with van der Waals surface area (Å²) in [7, 11) is 0. The van der Waals surface area contributed by atoms with Gasteiger partial charge in [0.25, 0.3) is 0 Å². The summed E-state index contributed by atoms with van der Waals surface area (Å²) in [6.45, 7) is 13.8. The number of hydrogen-bond acceptors (Lipinski definition) is 0. The van der Waals surface area contributed by atoms with Gasteiger partial charge in [-0.25, -0.2) is 0 Å². The van der Waals surface area contributed by atoms with Crippen molar-refractivity contribution in [3.63, 3.8) is 0 Å². The first-order valence-electron chi connectivity index (χ1n) is 15.2. The van der Waals surface area contributed by atoms with Crippen molar-refractivity contribution in [1.29, 1.82) is 0 Å². The first-order valence-corrected chi connectivity index (χ1v) is 15.2. The number of fused-ring (bicyclic) bond motifs is 4. The first-order chi connectivity index (χ1) is 20.5. The molecule has 0 aliphatic heterocycles. The summed E-state index contributed by atoms with van der Waals surface area (Å²) in [5, 5.41) is 0. The molecule has 6 rings (SSSR count). The normalized spacial score (nSPS) is 20.0. The van der Waals surface area contributed by atoms with E-state index in [-0.39, 0.29) is 11.3 Å². The fourth-order valence-electron chi connectivity index (χ4n) is 7.27. The van der Waals surface area contributed by atoms with Gasteiger partial charge in [0, 0.05) is 11.3 Å². The van der Waals surface area contributed by atoms with E-state index < -0.39 is 0 Å². The third-order valence-corrected chi connectivity index (χ3v) is 9.25. The van der Waals surface area contributed by atoms with Crippen LogP contribution in [0.15, 0.2) is 151 Å². The third-order valence-electron chi connectivity index (χ3n) is 9.25. The number of benzene rings is 4. The Bertz CT molecular complexity index is 1750. The van der Waals surface area contributed by atoms with E-state index >= 15 is 0 Å². The molecular weight excluding hydrogens is 504 g/mol. The highest BCUT2D eigenvalue weighted by molar-refractivity contribution is 5.87. The van der Waals surface area contributed by atoms with Gasteiger partial charge in [-0.15, -0.1) is 0 Å². The molecule has 0 amide bonds. The van der Waals surface area contributed by atoms with Crippen molar-refractivity contribution < 1.29 is 0 Å². The molecule has 4 aromatic rings.